The van der Waals surface area contributed by atoms with E-state index in [0.29, 0.717) is 6.54 Å². The van der Waals surface area contributed by atoms with Crippen LogP contribution in [0.3, 0.4) is 0 Å². The standard InChI is InChI=1S/C8H14N2O3/c11-5-6-4-10(8(12)13-6)7-2-1-3-9-7/h6-7,9,11H,1-5H2/t6-,7?/m1/s1. The van der Waals surface area contributed by atoms with E-state index in [0.717, 1.165) is 19.4 Å². The van der Waals surface area contributed by atoms with Crippen LogP contribution in [0.25, 0.3) is 0 Å². The third kappa shape index (κ3) is 1.62. The fraction of sp³-hybridized carbons (Fsp3) is 0.875. The van der Waals surface area contributed by atoms with Crippen LogP contribution in [0.4, 0.5) is 4.79 Å². The van der Waals surface area contributed by atoms with Crippen molar-refractivity contribution in [1.82, 2.24) is 10.2 Å². The van der Waals surface area contributed by atoms with Crippen LogP contribution in [0.2, 0.25) is 0 Å². The van der Waals surface area contributed by atoms with Crippen LogP contribution >= 0.6 is 0 Å². The summed E-state index contributed by atoms with van der Waals surface area (Å²) >= 11 is 0. The third-order valence-corrected chi connectivity index (χ3v) is 2.52. The predicted molar refractivity (Wildman–Crippen MR) is 45.1 cm³/mol. The van der Waals surface area contributed by atoms with E-state index in [1.54, 1.807) is 4.90 Å². The fourth-order valence-electron chi connectivity index (χ4n) is 1.82. The maximum atomic E-state index is 11.3. The topological polar surface area (TPSA) is 61.8 Å². The van der Waals surface area contributed by atoms with Crippen LogP contribution in [0.5, 0.6) is 0 Å². The number of cyclic esters (lactones) is 1. The molecule has 2 aliphatic heterocycles. The van der Waals surface area contributed by atoms with E-state index in [1.807, 2.05) is 0 Å². The van der Waals surface area contributed by atoms with Crippen LogP contribution in [0, 0.1) is 0 Å². The summed E-state index contributed by atoms with van der Waals surface area (Å²) in [6.07, 6.45) is 1.54. The van der Waals surface area contributed by atoms with E-state index in [9.17, 15) is 4.79 Å². The molecular formula is C8H14N2O3. The van der Waals surface area contributed by atoms with Gasteiger partial charge in [-0.25, -0.2) is 4.79 Å². The van der Waals surface area contributed by atoms with Gasteiger partial charge in [-0.3, -0.25) is 10.2 Å². The highest BCUT2D eigenvalue weighted by Crippen LogP contribution is 2.18. The molecule has 2 fully saturated rings. The monoisotopic (exact) mass is 186 g/mol. The minimum absolute atomic E-state index is 0.0883. The maximum absolute atomic E-state index is 11.3. The van der Waals surface area contributed by atoms with Crippen molar-refractivity contribution in [3.63, 3.8) is 0 Å². The van der Waals surface area contributed by atoms with Crippen LogP contribution in [0.15, 0.2) is 0 Å². The van der Waals surface area contributed by atoms with Crippen LogP contribution < -0.4 is 5.32 Å². The van der Waals surface area contributed by atoms with Crippen molar-refractivity contribution in [1.29, 1.82) is 0 Å². The zero-order valence-corrected chi connectivity index (χ0v) is 7.40. The van der Waals surface area contributed by atoms with Crippen molar-refractivity contribution < 1.29 is 14.6 Å². The molecule has 0 radical (unpaired) electrons. The summed E-state index contributed by atoms with van der Waals surface area (Å²) in [5.41, 5.74) is 0. The van der Waals surface area contributed by atoms with Gasteiger partial charge in [0.1, 0.15) is 6.10 Å². The smallest absolute Gasteiger partial charge is 0.411 e. The van der Waals surface area contributed by atoms with E-state index < -0.39 is 0 Å². The average Bonchev–Trinajstić information content (AvgIpc) is 2.72. The van der Waals surface area contributed by atoms with Gasteiger partial charge in [0, 0.05) is 0 Å². The Hall–Kier alpha value is -0.810. The zero-order valence-electron chi connectivity index (χ0n) is 7.40. The van der Waals surface area contributed by atoms with Crippen LogP contribution in [-0.4, -0.2) is 48.1 Å². The Balaban J connectivity index is 1.95. The fourth-order valence-corrected chi connectivity index (χ4v) is 1.82. The summed E-state index contributed by atoms with van der Waals surface area (Å²) in [5, 5.41) is 12.0. The number of rotatable bonds is 2. The SMILES string of the molecule is O=C1O[C@@H](CO)CN1C1CCCN1. The molecule has 1 unspecified atom stereocenters. The van der Waals surface area contributed by atoms with Gasteiger partial charge in [0.25, 0.3) is 0 Å². The zero-order chi connectivity index (χ0) is 9.26. The molecular weight excluding hydrogens is 172 g/mol. The Kier molecular flexibility index (Phi) is 2.37. The van der Waals surface area contributed by atoms with Gasteiger partial charge in [-0.1, -0.05) is 0 Å². The predicted octanol–water partition coefficient (Wildman–Crippen LogP) is -0.491. The quantitative estimate of drug-likeness (QED) is 0.611. The van der Waals surface area contributed by atoms with Crippen molar-refractivity contribution in [2.75, 3.05) is 19.7 Å². The van der Waals surface area contributed by atoms with Crippen molar-refractivity contribution in [2.45, 2.75) is 25.1 Å². The van der Waals surface area contributed by atoms with E-state index in [-0.39, 0.29) is 25.0 Å². The lowest BCUT2D eigenvalue weighted by Crippen LogP contribution is -2.42. The summed E-state index contributed by atoms with van der Waals surface area (Å²) in [5.74, 6) is 0. The van der Waals surface area contributed by atoms with Crippen molar-refractivity contribution in [3.8, 4) is 0 Å². The van der Waals surface area contributed by atoms with Crippen LogP contribution in [-0.2, 0) is 4.74 Å². The van der Waals surface area contributed by atoms with Crippen molar-refractivity contribution in [2.24, 2.45) is 0 Å². The van der Waals surface area contributed by atoms with Gasteiger partial charge in [0.15, 0.2) is 0 Å². The molecule has 2 heterocycles. The number of nitrogens with one attached hydrogen (secondary N) is 1. The lowest BCUT2D eigenvalue weighted by molar-refractivity contribution is 0.0938. The molecule has 74 valence electrons. The molecule has 0 spiro atoms. The Bertz CT molecular complexity index is 204. The van der Waals surface area contributed by atoms with Gasteiger partial charge in [-0.05, 0) is 19.4 Å². The number of ether oxygens (including phenoxy) is 1. The number of carbonyl (C=O) groups excluding carboxylic acids is 1. The van der Waals surface area contributed by atoms with E-state index in [1.165, 1.54) is 0 Å². The molecule has 0 aromatic carbocycles. The second-order valence-electron chi connectivity index (χ2n) is 3.45. The molecule has 0 aliphatic carbocycles. The molecule has 0 bridgehead atoms. The van der Waals surface area contributed by atoms with Gasteiger partial charge < -0.3 is 9.84 Å². The van der Waals surface area contributed by atoms with Gasteiger partial charge in [0.05, 0.1) is 19.3 Å². The normalized spacial score (nSPS) is 33.9. The molecule has 2 aliphatic rings. The molecule has 5 nitrogen and oxygen atoms in total. The van der Waals surface area contributed by atoms with Gasteiger partial charge in [-0.2, -0.15) is 0 Å². The number of aliphatic hydroxyl groups excluding tert-OH is 1. The second-order valence-corrected chi connectivity index (χ2v) is 3.45. The first-order chi connectivity index (χ1) is 6.31. The van der Waals surface area contributed by atoms with E-state index >= 15 is 0 Å². The first-order valence-electron chi connectivity index (χ1n) is 4.63. The van der Waals surface area contributed by atoms with E-state index in [4.69, 9.17) is 9.84 Å². The number of hydrogen-bond acceptors (Lipinski definition) is 4. The largest absolute Gasteiger partial charge is 0.442 e. The Morgan fingerprint density at radius 2 is 2.54 bits per heavy atom. The molecule has 2 saturated heterocycles. The number of aliphatic hydroxyl groups is 1. The lowest BCUT2D eigenvalue weighted by atomic mass is 10.3. The summed E-state index contributed by atoms with van der Waals surface area (Å²) in [6, 6.07) is 0. The number of hydrogen-bond donors (Lipinski definition) is 2. The molecule has 0 aromatic heterocycles. The average molecular weight is 186 g/mol. The van der Waals surface area contributed by atoms with Crippen LogP contribution in [0.1, 0.15) is 12.8 Å². The minimum atomic E-state index is -0.338. The highest BCUT2D eigenvalue weighted by Gasteiger charge is 2.36. The number of nitrogens with zero attached hydrogens (tertiary/aromatic N) is 1. The third-order valence-electron chi connectivity index (χ3n) is 2.52. The van der Waals surface area contributed by atoms with E-state index in [2.05, 4.69) is 5.32 Å². The summed E-state index contributed by atoms with van der Waals surface area (Å²) in [6.45, 7) is 1.38. The first-order valence-corrected chi connectivity index (χ1v) is 4.63. The maximum Gasteiger partial charge on any atom is 0.411 e. The summed E-state index contributed by atoms with van der Waals surface area (Å²) in [4.78, 5) is 12.9. The summed E-state index contributed by atoms with van der Waals surface area (Å²) < 4.78 is 4.93. The molecule has 2 rings (SSSR count). The minimum Gasteiger partial charge on any atom is -0.442 e. The highest BCUT2D eigenvalue weighted by atomic mass is 16.6. The molecule has 2 atom stereocenters. The lowest BCUT2D eigenvalue weighted by Gasteiger charge is -2.20. The number of carbonyl (C=O) groups is 1. The summed E-state index contributed by atoms with van der Waals surface area (Å²) in [7, 11) is 0. The molecule has 0 aromatic rings. The van der Waals surface area contributed by atoms with Gasteiger partial charge in [0.2, 0.25) is 0 Å². The number of amides is 1. The molecule has 13 heavy (non-hydrogen) atoms. The first kappa shape index (κ1) is 8.77. The molecule has 5 heteroatoms. The molecule has 1 amide bonds. The highest BCUT2D eigenvalue weighted by molar-refractivity contribution is 5.70. The molecule has 0 saturated carbocycles. The second kappa shape index (κ2) is 3.51. The Morgan fingerprint density at radius 3 is 3.08 bits per heavy atom. The van der Waals surface area contributed by atoms with Crippen molar-refractivity contribution >= 4 is 6.09 Å². The molecule has 2 N–H and O–H groups in total. The van der Waals surface area contributed by atoms with Gasteiger partial charge in [-0.15, -0.1) is 0 Å². The Labute approximate surface area is 76.7 Å². The Morgan fingerprint density at radius 1 is 1.69 bits per heavy atom. The van der Waals surface area contributed by atoms with Crippen molar-refractivity contribution in [3.05, 3.63) is 0 Å². The van der Waals surface area contributed by atoms with Gasteiger partial charge >= 0.3 is 6.09 Å².